The molecular formula is C49H78O5. The highest BCUT2D eigenvalue weighted by Crippen LogP contribution is 2.11. The molecule has 0 aromatic heterocycles. The van der Waals surface area contributed by atoms with Crippen molar-refractivity contribution in [2.75, 3.05) is 13.2 Å². The molecule has 1 unspecified atom stereocenters. The average Bonchev–Trinajstić information content (AvgIpc) is 3.17. The molecule has 0 aliphatic carbocycles. The average molecular weight is 747 g/mol. The van der Waals surface area contributed by atoms with Gasteiger partial charge < -0.3 is 14.6 Å². The Morgan fingerprint density at radius 3 is 1.20 bits per heavy atom. The number of hydrogen-bond acceptors (Lipinski definition) is 5. The van der Waals surface area contributed by atoms with Crippen molar-refractivity contribution < 1.29 is 24.2 Å². The molecular weight excluding hydrogens is 669 g/mol. The van der Waals surface area contributed by atoms with Gasteiger partial charge in [-0.3, -0.25) is 9.59 Å². The Morgan fingerprint density at radius 2 is 0.796 bits per heavy atom. The molecule has 0 saturated heterocycles. The minimum atomic E-state index is -0.793. The molecule has 304 valence electrons. The lowest BCUT2D eigenvalue weighted by Crippen LogP contribution is -2.28. The fourth-order valence-electron chi connectivity index (χ4n) is 5.37. The lowest BCUT2D eigenvalue weighted by molar-refractivity contribution is -0.161. The van der Waals surface area contributed by atoms with Crippen LogP contribution in [0.5, 0.6) is 0 Å². The lowest BCUT2D eigenvalue weighted by Gasteiger charge is -2.15. The number of hydrogen-bond donors (Lipinski definition) is 1. The van der Waals surface area contributed by atoms with Gasteiger partial charge in [-0.1, -0.05) is 181 Å². The highest BCUT2D eigenvalue weighted by Gasteiger charge is 2.16. The number of ether oxygens (including phenoxy) is 2. The van der Waals surface area contributed by atoms with E-state index in [1.807, 2.05) is 0 Å². The Hall–Kier alpha value is -3.44. The maximum absolute atomic E-state index is 12.2. The highest BCUT2D eigenvalue weighted by molar-refractivity contribution is 5.70. The number of allylic oxidation sites excluding steroid dienone is 18. The molecule has 54 heavy (non-hydrogen) atoms. The molecule has 0 heterocycles. The largest absolute Gasteiger partial charge is 0.462 e. The third-order valence-corrected chi connectivity index (χ3v) is 8.58. The summed E-state index contributed by atoms with van der Waals surface area (Å²) in [5, 5.41) is 9.53. The van der Waals surface area contributed by atoms with E-state index in [9.17, 15) is 14.7 Å². The van der Waals surface area contributed by atoms with Gasteiger partial charge in [-0.05, 0) is 83.5 Å². The SMILES string of the molecule is CC/C=C\C/C=C\C/C=C\C/C=C\C/C=C\C/C=C\C/C=C\C/C=C\C/C=C\CCCCCC(=O)OC(CO)COC(=O)CCCCCCCCCCC. The Bertz CT molecular complexity index is 1120. The van der Waals surface area contributed by atoms with Gasteiger partial charge in [0.1, 0.15) is 6.61 Å². The van der Waals surface area contributed by atoms with Crippen LogP contribution in [0, 0.1) is 0 Å². The van der Waals surface area contributed by atoms with Gasteiger partial charge in [-0.15, -0.1) is 0 Å². The minimum Gasteiger partial charge on any atom is -0.462 e. The predicted molar refractivity (Wildman–Crippen MR) is 232 cm³/mol. The van der Waals surface area contributed by atoms with Crippen LogP contribution in [0.4, 0.5) is 0 Å². The molecule has 0 saturated carbocycles. The normalized spacial score (nSPS) is 13.3. The second-order valence-corrected chi connectivity index (χ2v) is 13.7. The minimum absolute atomic E-state index is 0.0850. The molecule has 0 aromatic carbocycles. The molecule has 0 amide bonds. The number of aliphatic hydroxyl groups excluding tert-OH is 1. The summed E-state index contributed by atoms with van der Waals surface area (Å²) in [6, 6.07) is 0. The third kappa shape index (κ3) is 41.3. The summed E-state index contributed by atoms with van der Waals surface area (Å²) in [7, 11) is 0. The van der Waals surface area contributed by atoms with Gasteiger partial charge in [0.25, 0.3) is 0 Å². The monoisotopic (exact) mass is 747 g/mol. The molecule has 0 fully saturated rings. The van der Waals surface area contributed by atoms with Crippen LogP contribution in [0.3, 0.4) is 0 Å². The van der Waals surface area contributed by atoms with E-state index in [0.29, 0.717) is 12.8 Å². The maximum atomic E-state index is 12.2. The van der Waals surface area contributed by atoms with Crippen molar-refractivity contribution in [3.8, 4) is 0 Å². The van der Waals surface area contributed by atoms with Crippen molar-refractivity contribution in [2.45, 2.75) is 174 Å². The topological polar surface area (TPSA) is 72.8 Å². The first-order chi connectivity index (χ1) is 26.6. The first-order valence-electron chi connectivity index (χ1n) is 21.4. The van der Waals surface area contributed by atoms with E-state index in [1.54, 1.807) is 0 Å². The zero-order valence-electron chi connectivity index (χ0n) is 34.4. The summed E-state index contributed by atoms with van der Waals surface area (Å²) < 4.78 is 10.5. The Morgan fingerprint density at radius 1 is 0.444 bits per heavy atom. The second-order valence-electron chi connectivity index (χ2n) is 13.7. The van der Waals surface area contributed by atoms with Gasteiger partial charge in [0, 0.05) is 12.8 Å². The predicted octanol–water partition coefficient (Wildman–Crippen LogP) is 13.8. The van der Waals surface area contributed by atoms with Gasteiger partial charge in [-0.2, -0.15) is 0 Å². The zero-order valence-corrected chi connectivity index (χ0v) is 34.4. The van der Waals surface area contributed by atoms with Crippen molar-refractivity contribution in [2.24, 2.45) is 0 Å². The summed E-state index contributed by atoms with van der Waals surface area (Å²) in [4.78, 5) is 24.2. The summed E-state index contributed by atoms with van der Waals surface area (Å²) in [6.07, 6.45) is 63.1. The zero-order chi connectivity index (χ0) is 39.3. The number of rotatable bonds is 37. The van der Waals surface area contributed by atoms with Crippen molar-refractivity contribution in [3.63, 3.8) is 0 Å². The number of unbranched alkanes of at least 4 members (excludes halogenated alkanes) is 11. The number of aliphatic hydroxyl groups is 1. The molecule has 1 N–H and O–H groups in total. The number of carbonyl (C=O) groups excluding carboxylic acids is 2. The molecule has 0 spiro atoms. The standard InChI is InChI=1S/C49H78O5/c1-3-5-7-9-11-13-14-15-16-17-18-19-20-21-22-23-24-25-26-27-28-29-30-31-32-33-34-36-38-40-42-44-49(52)54-47(45-50)46-53-48(51)43-41-39-37-35-12-10-8-6-4-2/h5,7,11,13,15-16,18-19,21-22,24-25,27-28,30-31,33-34,47,50H,3-4,6,8-10,12,14,17,20,23,26,29,32,35-46H2,1-2H3/b7-5-,13-11-,16-15-,19-18-,22-21-,25-24-,28-27-,31-30-,34-33-. The number of carbonyl (C=O) groups is 2. The molecule has 0 aliphatic heterocycles. The van der Waals surface area contributed by atoms with Crippen molar-refractivity contribution in [1.29, 1.82) is 0 Å². The van der Waals surface area contributed by atoms with Crippen LogP contribution < -0.4 is 0 Å². The van der Waals surface area contributed by atoms with Crippen molar-refractivity contribution in [1.82, 2.24) is 0 Å². The summed E-state index contributed by atoms with van der Waals surface area (Å²) in [5.74, 6) is -0.642. The van der Waals surface area contributed by atoms with Crippen LogP contribution in [-0.4, -0.2) is 36.4 Å². The van der Waals surface area contributed by atoms with Crippen molar-refractivity contribution in [3.05, 3.63) is 109 Å². The number of esters is 2. The third-order valence-electron chi connectivity index (χ3n) is 8.58. The molecule has 0 aromatic rings. The second kappa shape index (κ2) is 44.0. The summed E-state index contributed by atoms with van der Waals surface area (Å²) >= 11 is 0. The van der Waals surface area contributed by atoms with E-state index in [1.165, 1.54) is 38.5 Å². The van der Waals surface area contributed by atoms with Gasteiger partial charge >= 0.3 is 11.9 Å². The van der Waals surface area contributed by atoms with E-state index in [0.717, 1.165) is 103 Å². The van der Waals surface area contributed by atoms with E-state index >= 15 is 0 Å². The Kier molecular flexibility index (Phi) is 41.2. The quantitative estimate of drug-likeness (QED) is 0.0389. The fraction of sp³-hybridized carbons (Fsp3) is 0.592. The van der Waals surface area contributed by atoms with Gasteiger partial charge in [0.2, 0.25) is 0 Å². The van der Waals surface area contributed by atoms with Gasteiger partial charge in [0.15, 0.2) is 6.10 Å². The first-order valence-corrected chi connectivity index (χ1v) is 21.4. The smallest absolute Gasteiger partial charge is 0.306 e. The lowest BCUT2D eigenvalue weighted by atomic mass is 10.1. The van der Waals surface area contributed by atoms with E-state index in [2.05, 4.69) is 123 Å². The molecule has 0 aliphatic rings. The van der Waals surface area contributed by atoms with Crippen LogP contribution in [0.2, 0.25) is 0 Å². The Balaban J connectivity index is 3.70. The van der Waals surface area contributed by atoms with Crippen LogP contribution in [0.25, 0.3) is 0 Å². The highest BCUT2D eigenvalue weighted by atomic mass is 16.6. The summed E-state index contributed by atoms with van der Waals surface area (Å²) in [6.45, 7) is 3.95. The molecule has 0 bridgehead atoms. The van der Waals surface area contributed by atoms with Crippen LogP contribution in [0.15, 0.2) is 109 Å². The van der Waals surface area contributed by atoms with Gasteiger partial charge in [0.05, 0.1) is 6.61 Å². The summed E-state index contributed by atoms with van der Waals surface area (Å²) in [5.41, 5.74) is 0. The van der Waals surface area contributed by atoms with E-state index < -0.39 is 6.10 Å². The van der Waals surface area contributed by atoms with Crippen LogP contribution in [-0.2, 0) is 19.1 Å². The fourth-order valence-corrected chi connectivity index (χ4v) is 5.37. The first kappa shape index (κ1) is 50.6. The maximum Gasteiger partial charge on any atom is 0.306 e. The molecule has 1 atom stereocenters. The van der Waals surface area contributed by atoms with Crippen molar-refractivity contribution >= 4 is 11.9 Å². The van der Waals surface area contributed by atoms with Gasteiger partial charge in [-0.25, -0.2) is 0 Å². The van der Waals surface area contributed by atoms with Crippen LogP contribution in [0.1, 0.15) is 168 Å². The van der Waals surface area contributed by atoms with E-state index in [4.69, 9.17) is 9.47 Å². The van der Waals surface area contributed by atoms with Crippen LogP contribution >= 0.6 is 0 Å². The molecule has 0 radical (unpaired) electrons. The molecule has 0 rings (SSSR count). The molecule has 5 nitrogen and oxygen atoms in total. The molecule has 5 heteroatoms. The Labute approximate surface area is 331 Å². The van der Waals surface area contributed by atoms with E-state index in [-0.39, 0.29) is 25.2 Å².